The number of amides is 1. The minimum absolute atomic E-state index is 0.0544. The molecule has 0 aromatic heterocycles. The van der Waals surface area contributed by atoms with E-state index in [9.17, 15) is 13.2 Å². The summed E-state index contributed by atoms with van der Waals surface area (Å²) < 4.78 is 28.2. The molecule has 2 atom stereocenters. The Morgan fingerprint density at radius 3 is 2.26 bits per heavy atom. The first-order valence-corrected chi connectivity index (χ1v) is 10.5. The Kier molecular flexibility index (Phi) is 6.62. The molecule has 0 aliphatic heterocycles. The summed E-state index contributed by atoms with van der Waals surface area (Å²) in [6.07, 6.45) is 1.31. The van der Waals surface area contributed by atoms with E-state index in [1.165, 1.54) is 12.4 Å². The van der Waals surface area contributed by atoms with Crippen molar-refractivity contribution in [3.63, 3.8) is 0 Å². The summed E-state index contributed by atoms with van der Waals surface area (Å²) in [6.45, 7) is 3.28. The molecule has 0 heterocycles. The lowest BCUT2D eigenvalue weighted by molar-refractivity contribution is -0.131. The number of benzene rings is 2. The third-order valence-electron chi connectivity index (χ3n) is 4.80. The lowest BCUT2D eigenvalue weighted by Gasteiger charge is -2.25. The first-order valence-electron chi connectivity index (χ1n) is 8.62. The summed E-state index contributed by atoms with van der Waals surface area (Å²) in [5.41, 5.74) is 3.40. The van der Waals surface area contributed by atoms with E-state index in [2.05, 4.69) is 0 Å². The van der Waals surface area contributed by atoms with Crippen molar-refractivity contribution in [2.45, 2.75) is 37.5 Å². The van der Waals surface area contributed by atoms with Crippen LogP contribution in [0.4, 0.5) is 0 Å². The summed E-state index contributed by atoms with van der Waals surface area (Å²) >= 11 is 0. The molecule has 2 aromatic rings. The Morgan fingerprint density at radius 2 is 1.74 bits per heavy atom. The van der Waals surface area contributed by atoms with Gasteiger partial charge in [-0.15, -0.1) is 0 Å². The van der Waals surface area contributed by atoms with Gasteiger partial charge in [-0.05, 0) is 49.9 Å². The quantitative estimate of drug-likeness (QED) is 0.533. The monoisotopic (exact) mass is 391 g/mol. The number of hydrogen-bond acceptors (Lipinski definition) is 5. The van der Waals surface area contributed by atoms with Crippen molar-refractivity contribution in [1.29, 1.82) is 0 Å². The highest BCUT2D eigenvalue weighted by molar-refractivity contribution is 7.92. The van der Waals surface area contributed by atoms with Crippen LogP contribution >= 0.6 is 0 Å². The molecule has 146 valence electrons. The standard InChI is InChI=1S/C20H25NO5S/c1-15(17-7-5-4-6-8-17)26-18-11-9-16(10-12-18)13-14-20(2,19(22)21-23)27(3,24)25/h4-12,15,23H,13-14H2,1-3H3,(H,21,22). The Balaban J connectivity index is 2.04. The second-order valence-corrected chi connectivity index (χ2v) is 9.20. The predicted octanol–water partition coefficient (Wildman–Crippen LogP) is 3.07. The number of hydrogen-bond donors (Lipinski definition) is 2. The molecule has 2 rings (SSSR count). The Bertz CT molecular complexity index is 865. The third kappa shape index (κ3) is 5.08. The maximum atomic E-state index is 12.0. The molecule has 0 radical (unpaired) electrons. The van der Waals surface area contributed by atoms with Gasteiger partial charge in [0.05, 0.1) is 0 Å². The van der Waals surface area contributed by atoms with Crippen molar-refractivity contribution in [3.05, 3.63) is 65.7 Å². The van der Waals surface area contributed by atoms with E-state index in [-0.39, 0.29) is 12.5 Å². The first kappa shape index (κ1) is 20.9. The summed E-state index contributed by atoms with van der Waals surface area (Å²) in [4.78, 5) is 11.9. The molecule has 0 saturated heterocycles. The van der Waals surface area contributed by atoms with Crippen LogP contribution in [0.3, 0.4) is 0 Å². The molecule has 6 nitrogen and oxygen atoms in total. The molecule has 0 fully saturated rings. The van der Waals surface area contributed by atoms with Crippen LogP contribution in [0.1, 0.15) is 37.5 Å². The highest BCUT2D eigenvalue weighted by atomic mass is 32.2. The van der Waals surface area contributed by atoms with Gasteiger partial charge in [0.2, 0.25) is 0 Å². The Morgan fingerprint density at radius 1 is 1.15 bits per heavy atom. The molecular weight excluding hydrogens is 366 g/mol. The number of hydroxylamine groups is 1. The van der Waals surface area contributed by atoms with E-state index >= 15 is 0 Å². The van der Waals surface area contributed by atoms with Crippen LogP contribution in [0.25, 0.3) is 0 Å². The first-order chi connectivity index (χ1) is 12.7. The third-order valence-corrected chi connectivity index (χ3v) is 6.82. The molecule has 0 spiro atoms. The number of rotatable bonds is 8. The molecule has 2 N–H and O–H groups in total. The van der Waals surface area contributed by atoms with E-state index in [0.717, 1.165) is 17.4 Å². The van der Waals surface area contributed by atoms with Gasteiger partial charge in [-0.2, -0.15) is 0 Å². The van der Waals surface area contributed by atoms with E-state index in [0.29, 0.717) is 12.2 Å². The van der Waals surface area contributed by atoms with Crippen molar-refractivity contribution in [3.8, 4) is 5.75 Å². The van der Waals surface area contributed by atoms with Crippen molar-refractivity contribution < 1.29 is 23.2 Å². The van der Waals surface area contributed by atoms with Crippen LogP contribution in [0.5, 0.6) is 5.75 Å². The fourth-order valence-electron chi connectivity index (χ4n) is 2.70. The van der Waals surface area contributed by atoms with Gasteiger partial charge < -0.3 is 4.74 Å². The molecule has 2 aromatic carbocycles. The lowest BCUT2D eigenvalue weighted by Crippen LogP contribution is -2.49. The van der Waals surface area contributed by atoms with Gasteiger partial charge in [0.1, 0.15) is 16.6 Å². The highest BCUT2D eigenvalue weighted by Crippen LogP contribution is 2.26. The van der Waals surface area contributed by atoms with Crippen molar-refractivity contribution in [2.75, 3.05) is 6.26 Å². The van der Waals surface area contributed by atoms with Crippen LogP contribution in [-0.4, -0.2) is 30.5 Å². The van der Waals surface area contributed by atoms with E-state index in [1.54, 1.807) is 0 Å². The molecule has 27 heavy (non-hydrogen) atoms. The summed E-state index contributed by atoms with van der Waals surface area (Å²) in [5.74, 6) is -0.226. The highest BCUT2D eigenvalue weighted by Gasteiger charge is 2.43. The average molecular weight is 391 g/mol. The van der Waals surface area contributed by atoms with Crippen molar-refractivity contribution >= 4 is 15.7 Å². The zero-order valence-electron chi connectivity index (χ0n) is 15.7. The number of ether oxygens (including phenoxy) is 1. The average Bonchev–Trinajstić information content (AvgIpc) is 2.66. The Hall–Kier alpha value is -2.38. The van der Waals surface area contributed by atoms with Crippen LogP contribution in [-0.2, 0) is 21.1 Å². The zero-order valence-corrected chi connectivity index (χ0v) is 16.5. The maximum Gasteiger partial charge on any atom is 0.264 e. The van der Waals surface area contributed by atoms with Crippen LogP contribution in [0, 0.1) is 0 Å². The second kappa shape index (κ2) is 8.54. The van der Waals surface area contributed by atoms with Gasteiger partial charge in [0.15, 0.2) is 9.84 Å². The number of carbonyl (C=O) groups is 1. The summed E-state index contributed by atoms with van der Waals surface area (Å²) in [7, 11) is -3.70. The molecule has 7 heteroatoms. The SMILES string of the molecule is CC(Oc1ccc(CCC(C)(C(=O)NO)S(C)(=O)=O)cc1)c1ccccc1. The van der Waals surface area contributed by atoms with Gasteiger partial charge >= 0.3 is 0 Å². The molecule has 0 aliphatic rings. The van der Waals surface area contributed by atoms with E-state index < -0.39 is 20.5 Å². The minimum atomic E-state index is -3.70. The van der Waals surface area contributed by atoms with Crippen LogP contribution in [0.15, 0.2) is 54.6 Å². The molecule has 0 saturated carbocycles. The van der Waals surface area contributed by atoms with Gasteiger partial charge in [-0.3, -0.25) is 10.0 Å². The zero-order chi connectivity index (χ0) is 20.1. The van der Waals surface area contributed by atoms with Crippen molar-refractivity contribution in [2.24, 2.45) is 0 Å². The van der Waals surface area contributed by atoms with Gasteiger partial charge in [0.25, 0.3) is 5.91 Å². The number of carbonyl (C=O) groups excluding carboxylic acids is 1. The minimum Gasteiger partial charge on any atom is -0.486 e. The predicted molar refractivity (Wildman–Crippen MR) is 103 cm³/mol. The van der Waals surface area contributed by atoms with E-state index in [1.807, 2.05) is 61.5 Å². The smallest absolute Gasteiger partial charge is 0.264 e. The molecule has 2 unspecified atom stereocenters. The van der Waals surface area contributed by atoms with Gasteiger partial charge in [-0.25, -0.2) is 13.9 Å². The van der Waals surface area contributed by atoms with Gasteiger partial charge in [0, 0.05) is 6.26 Å². The fourth-order valence-corrected chi connectivity index (χ4v) is 3.55. The number of sulfone groups is 1. The molecule has 0 bridgehead atoms. The van der Waals surface area contributed by atoms with Crippen molar-refractivity contribution in [1.82, 2.24) is 5.48 Å². The number of nitrogens with one attached hydrogen (secondary N) is 1. The normalized spacial score (nSPS) is 14.8. The Labute approximate surface area is 160 Å². The molecule has 0 aliphatic carbocycles. The number of aryl methyl sites for hydroxylation is 1. The largest absolute Gasteiger partial charge is 0.486 e. The second-order valence-electron chi connectivity index (χ2n) is 6.76. The summed E-state index contributed by atoms with van der Waals surface area (Å²) in [6, 6.07) is 17.2. The fraction of sp³-hybridized carbons (Fsp3) is 0.350. The van der Waals surface area contributed by atoms with E-state index in [4.69, 9.17) is 9.94 Å². The molecular formula is C20H25NO5S. The van der Waals surface area contributed by atoms with Crippen LogP contribution < -0.4 is 10.2 Å². The van der Waals surface area contributed by atoms with Crippen LogP contribution in [0.2, 0.25) is 0 Å². The molecule has 1 amide bonds. The lowest BCUT2D eigenvalue weighted by atomic mass is 9.99. The van der Waals surface area contributed by atoms with Gasteiger partial charge in [-0.1, -0.05) is 42.5 Å². The maximum absolute atomic E-state index is 12.0. The topological polar surface area (TPSA) is 92.7 Å². The summed E-state index contributed by atoms with van der Waals surface area (Å²) in [5, 5.41) is 8.86.